The van der Waals surface area contributed by atoms with Gasteiger partial charge in [0.25, 0.3) is 70.8 Å². The minimum Gasteiger partial charge on any atom is -0.748 e. The van der Waals surface area contributed by atoms with Crippen molar-refractivity contribution in [3.05, 3.63) is 71.3 Å². The van der Waals surface area contributed by atoms with Gasteiger partial charge in [0.2, 0.25) is 0 Å². The number of fused-ring (bicyclic) bond motifs is 4. The summed E-state index contributed by atoms with van der Waals surface area (Å²) in [6.45, 7) is 28.9. The average molecular weight is 2360 g/mol. The smallest absolute Gasteiger partial charge is 0.272 e. The molecule has 5 aliphatic rings. The van der Waals surface area contributed by atoms with Gasteiger partial charge in [0.15, 0.2) is 5.78 Å². The molecular formula is C86H176N11O40S11-3. The molecule has 2 aromatic rings. The van der Waals surface area contributed by atoms with E-state index in [9.17, 15) is 131 Å². The van der Waals surface area contributed by atoms with Gasteiger partial charge < -0.3 is 106 Å². The van der Waals surface area contributed by atoms with Crippen molar-refractivity contribution in [2.45, 2.75) is 267 Å². The zero-order valence-corrected chi connectivity index (χ0v) is 96.8. The summed E-state index contributed by atoms with van der Waals surface area (Å²) in [5.74, 6) is -4.45. The molecule has 62 heteroatoms. The largest absolute Gasteiger partial charge is 0.748 e. The number of benzene rings is 2. The second-order valence-corrected chi connectivity index (χ2v) is 55.7. The summed E-state index contributed by atoms with van der Waals surface area (Å²) in [6.07, 6.45) is 12.6. The number of rotatable bonds is 55. The van der Waals surface area contributed by atoms with Crippen molar-refractivity contribution >= 4 is 117 Å². The molecule has 11 unspecified atom stereocenters. The molecule has 51 nitrogen and oxygen atoms in total. The zero-order chi connectivity index (χ0) is 116. The highest BCUT2D eigenvalue weighted by molar-refractivity contribution is 7.88. The summed E-state index contributed by atoms with van der Waals surface area (Å²) >= 11 is 0. The lowest BCUT2D eigenvalue weighted by atomic mass is 9.85. The molecule has 0 amide bonds. The van der Waals surface area contributed by atoms with E-state index >= 15 is 0 Å². The number of quaternary nitrogens is 1. The Hall–Kier alpha value is -3.56. The number of ketones is 1. The summed E-state index contributed by atoms with van der Waals surface area (Å²) < 4.78 is 330. The number of aliphatic hydroxyl groups excluding tert-OH is 6. The van der Waals surface area contributed by atoms with Gasteiger partial charge in [0.1, 0.15) is 35.7 Å². The molecule has 4 heterocycles. The quantitative estimate of drug-likeness (QED) is 0.0221. The fourth-order valence-electron chi connectivity index (χ4n) is 13.8. The molecule has 4 saturated heterocycles. The Morgan fingerprint density at radius 1 is 0.466 bits per heavy atom. The number of likely N-dealkylation sites (N-methyl/N-ethyl adjacent to an activating group) is 2. The Bertz CT molecular complexity index is 5180. The molecule has 0 saturated carbocycles. The van der Waals surface area contributed by atoms with Crippen molar-refractivity contribution in [2.24, 2.45) is 11.7 Å². The fourth-order valence-corrected chi connectivity index (χ4v) is 19.5. The number of aliphatic hydroxyl groups is 6. The van der Waals surface area contributed by atoms with Gasteiger partial charge >= 0.3 is 0 Å². The first-order valence-electron chi connectivity index (χ1n) is 48.5. The Morgan fingerprint density at radius 2 is 0.899 bits per heavy atom. The van der Waals surface area contributed by atoms with E-state index in [1.807, 2.05) is 96.1 Å². The van der Waals surface area contributed by atoms with Crippen molar-refractivity contribution in [3.8, 4) is 0 Å². The number of hydrogen-bond acceptors (Lipinski definition) is 43. The number of nitrogens with zero attached hydrogens (tertiary/aromatic N) is 4. The Morgan fingerprint density at radius 3 is 1.33 bits per heavy atom. The third-order valence-corrected chi connectivity index (χ3v) is 32.3. The maximum absolute atomic E-state index is 11.0. The Labute approximate surface area is 882 Å². The summed E-state index contributed by atoms with van der Waals surface area (Å²) in [5, 5.41) is 70.2. The van der Waals surface area contributed by atoms with Crippen molar-refractivity contribution in [1.82, 2.24) is 46.6 Å². The van der Waals surface area contributed by atoms with Gasteiger partial charge in [-0.3, -0.25) is 36.7 Å². The molecule has 11 atom stereocenters. The summed E-state index contributed by atoms with van der Waals surface area (Å²) in [6, 6.07) is 17.8. The number of β-amino-alcohol motifs (C(OH)–C–C–N with tert-alkyl or cyclic N) is 1. The van der Waals surface area contributed by atoms with E-state index in [0.29, 0.717) is 65.0 Å². The molecule has 0 radical (unpaired) electrons. The molecule has 7 rings (SSSR count). The van der Waals surface area contributed by atoms with Crippen LogP contribution in [0.15, 0.2) is 54.6 Å². The summed E-state index contributed by atoms with van der Waals surface area (Å²) in [7, 11) is -37.9. The second kappa shape index (κ2) is 78.6. The molecule has 0 spiro atoms. The third-order valence-electron chi connectivity index (χ3n) is 21.9. The van der Waals surface area contributed by atoms with E-state index in [2.05, 4.69) is 55.9 Å². The van der Waals surface area contributed by atoms with Crippen LogP contribution < -0.4 is 37.6 Å². The fraction of sp³-hybridized carbons (Fsp3) is 0.849. The van der Waals surface area contributed by atoms with Gasteiger partial charge in [-0.25, -0.2) is 33.7 Å². The minimum absolute atomic E-state index is 0.00868. The van der Waals surface area contributed by atoms with E-state index < -0.39 is 215 Å². The molecule has 21 N–H and O–H groups in total. The molecular weight excluding hydrogens is 2180 g/mol. The number of aryl methyl sites for hydroxylation is 1. The van der Waals surface area contributed by atoms with Gasteiger partial charge in [-0.15, -0.1) is 0 Å². The van der Waals surface area contributed by atoms with Crippen LogP contribution in [0.1, 0.15) is 208 Å². The lowest BCUT2D eigenvalue weighted by Gasteiger charge is -2.49. The molecule has 884 valence electrons. The monoisotopic (exact) mass is 2350 g/mol. The Balaban J connectivity index is -0.000000510. The third kappa shape index (κ3) is 100. The van der Waals surface area contributed by atoms with Crippen LogP contribution in [0.2, 0.25) is 0 Å². The standard InChI is InChI=1S/C13H19NO4S.C11H23NO4S.C10H19NO4S.C10H15NO4S.C9H19NO3S.C7H17NO4S.2C6H15NO3S.2C5H13NO4S.C4H11NO3S/c15-11(9-19(16,17)18)8-14-13-7-3-5-10-4-1-2-6-12(10)13;1-2-3-4-5-6-7-8-12-9-11(13)10-17(14,15)16;12-10(8-16(13,14)15)7-11-4-1-9(2-5-11)3-6-11;12-10(8-16(13,14)15)7-11-6-9-4-2-1-3-5-9;1-9(14(11,12)13)5-8-10-6-3-2-4-7-10;1-7(2,3)8-4-6(9)5-13(10,11)12;1-6(11(8,9)10)4-5-7(2)3;1-3-7-5-4-6(2)11(8,9)10;1-6(2)3-5(7)4-11(8,9)10;1-2-6-3-5(7)4-11(8,9)10;1-4(2-3-5)9(6,7)8/h1-2,4,6,11,13-15H,3,5,7-9H2,(H,16,17,18);12H,2-10H2,1H3,(H,14,15,16);9-10,12H,1-8H2;1-5,10-12H,6-8H2,(H,13,14,15);9H,2-8H2,1H3,(H,11,12,13);6,8-9H,4-5H2,1-3H3,(H,10,11,12);6H,4-5H2,1-3H3,(H,8,9,10);6-7H,3-5H2,1-2H3,(H,8,9,10);5,7H,3-4H2,1-2H3,(H,8,9,10);5-7H,2-4H2,1H3,(H,8,9,10);4H,2-3,5H2,1H3,(H,6,7,8)/p-3. The maximum atomic E-state index is 11.0. The number of carbonyl (C=O) groups is 1. The van der Waals surface area contributed by atoms with Crippen LogP contribution in [0.4, 0.5) is 0 Å². The van der Waals surface area contributed by atoms with Crippen molar-refractivity contribution in [3.63, 3.8) is 0 Å². The number of piperidine rings is 4. The number of carbonyl (C=O) groups excluding carboxylic acids is 1. The minimum atomic E-state index is -4.36. The van der Waals surface area contributed by atoms with E-state index in [4.69, 9.17) is 52.9 Å². The lowest BCUT2D eigenvalue weighted by molar-refractivity contribution is -0.945. The first-order chi connectivity index (χ1) is 67.4. The van der Waals surface area contributed by atoms with Crippen molar-refractivity contribution in [1.29, 1.82) is 0 Å². The van der Waals surface area contributed by atoms with E-state index in [0.717, 1.165) is 93.9 Å². The molecule has 2 bridgehead atoms. The molecule has 0 aromatic heterocycles. The number of hydrogen-bond donors (Lipinski definition) is 20. The van der Waals surface area contributed by atoms with Crippen LogP contribution in [-0.4, -0.2) is 454 Å². The lowest BCUT2D eigenvalue weighted by Crippen LogP contribution is -2.61. The Kier molecular flexibility index (Phi) is 81.2. The summed E-state index contributed by atoms with van der Waals surface area (Å²) in [5.41, 5.74) is 8.41. The van der Waals surface area contributed by atoms with E-state index in [-0.39, 0.29) is 57.4 Å². The van der Waals surface area contributed by atoms with Gasteiger partial charge in [0.05, 0.1) is 130 Å². The molecule has 1 aliphatic carbocycles. The molecule has 4 fully saturated rings. The molecule has 4 aliphatic heterocycles. The number of nitrogens with two attached hydrogens (primary N) is 1. The van der Waals surface area contributed by atoms with Crippen LogP contribution in [0.25, 0.3) is 0 Å². The normalized spacial score (nSPS) is 18.3. The van der Waals surface area contributed by atoms with E-state index in [1.165, 1.54) is 96.1 Å². The number of unbranched alkanes of at least 4 members (excludes halogenated alkanes) is 5. The highest BCUT2D eigenvalue weighted by atomic mass is 32.3. The second-order valence-electron chi connectivity index (χ2n) is 38.1. The first kappa shape index (κ1) is 153. The van der Waals surface area contributed by atoms with Crippen molar-refractivity contribution < 1.29 is 183 Å². The van der Waals surface area contributed by atoms with Gasteiger partial charge in [-0.1, -0.05) is 114 Å². The highest BCUT2D eigenvalue weighted by Gasteiger charge is 2.41. The van der Waals surface area contributed by atoms with Crippen LogP contribution in [-0.2, 0) is 129 Å². The average Bonchev–Trinajstić information content (AvgIpc) is 0.797. The van der Waals surface area contributed by atoms with Crippen LogP contribution in [0.3, 0.4) is 0 Å². The van der Waals surface area contributed by atoms with Crippen LogP contribution in [0, 0.1) is 5.92 Å². The number of nitrogens with one attached hydrogen (secondary N) is 6. The number of likely N-dealkylation sites (tertiary alicyclic amines) is 1. The van der Waals surface area contributed by atoms with Crippen LogP contribution in [0.5, 0.6) is 0 Å². The number of Topliss-reactive ketones (excluding diaryl/α,β-unsaturated/α-hetero) is 1. The van der Waals surface area contributed by atoms with Gasteiger partial charge in [-0.2, -0.15) is 58.9 Å². The van der Waals surface area contributed by atoms with Crippen LogP contribution >= 0.6 is 0 Å². The van der Waals surface area contributed by atoms with Gasteiger partial charge in [0, 0.05) is 56.1 Å². The predicted molar refractivity (Wildman–Crippen MR) is 564 cm³/mol. The highest BCUT2D eigenvalue weighted by Crippen LogP contribution is 2.34. The maximum Gasteiger partial charge on any atom is 0.272 e. The summed E-state index contributed by atoms with van der Waals surface area (Å²) in [4.78, 5) is 16.8. The molecule has 2 aromatic carbocycles. The van der Waals surface area contributed by atoms with Crippen molar-refractivity contribution in [2.75, 3.05) is 193 Å². The molecule has 148 heavy (non-hydrogen) atoms. The van der Waals surface area contributed by atoms with Gasteiger partial charge in [-0.05, 0) is 242 Å². The predicted octanol–water partition coefficient (Wildman–Crippen LogP) is -0.693. The van der Waals surface area contributed by atoms with E-state index in [1.54, 1.807) is 25.9 Å². The zero-order valence-electron chi connectivity index (χ0n) is 87.8. The topological polar surface area (TPSA) is 856 Å². The SMILES string of the molecule is CC(C)(C)NCC(O)CS(=O)(=O)O.CC(CCN(C)C)S(=O)(=O)[O-].CC(CCN)S(=O)(=O)O.CC(CCN1CCCCC1)S(=O)(=O)O.CCCCCCCCNCC(=O)CS(=O)(=O)O.CCNCC(O)CS(=O)(=O)O.CCNCCC(C)S(=O)(=O)O.CN(C)CC(O)CS(=O)(=O)[O-].O=S(=O)(O)CC(O)CNC1CCCc2ccccc21.O=S(=O)([O-])CC(O)CNCc1ccccc1.O=S(=O)([O-])CC(O)C[N+]12CCC(CC1)CC2. The first-order valence-corrected chi connectivity index (χ1v) is 65.6.